The Morgan fingerprint density at radius 1 is 1.39 bits per heavy atom. The summed E-state index contributed by atoms with van der Waals surface area (Å²) in [5.41, 5.74) is 2.00. The van der Waals surface area contributed by atoms with Gasteiger partial charge in [0.1, 0.15) is 5.82 Å². The summed E-state index contributed by atoms with van der Waals surface area (Å²) in [4.78, 5) is 11.2. The zero-order valence-corrected chi connectivity index (χ0v) is 10.7. The third-order valence-corrected chi connectivity index (χ3v) is 4.01. The summed E-state index contributed by atoms with van der Waals surface area (Å²) < 4.78 is 13.0. The normalized spacial score (nSPS) is 23.9. The van der Waals surface area contributed by atoms with Crippen LogP contribution in [0.15, 0.2) is 18.2 Å². The van der Waals surface area contributed by atoms with E-state index in [2.05, 4.69) is 0 Å². The van der Waals surface area contributed by atoms with Crippen molar-refractivity contribution in [2.75, 3.05) is 0 Å². The number of hydrogen-bond donors (Lipinski definition) is 1. The number of aryl methyl sites for hydroxylation is 1. The highest BCUT2D eigenvalue weighted by Gasteiger charge is 2.30. The average molecular weight is 250 g/mol. The van der Waals surface area contributed by atoms with E-state index in [1.165, 1.54) is 12.1 Å². The molecule has 0 bridgehead atoms. The molecule has 1 aromatic rings. The summed E-state index contributed by atoms with van der Waals surface area (Å²) in [7, 11) is 0. The lowest BCUT2D eigenvalue weighted by atomic mass is 9.76. The highest BCUT2D eigenvalue weighted by molar-refractivity contribution is 5.70. The fourth-order valence-corrected chi connectivity index (χ4v) is 2.95. The van der Waals surface area contributed by atoms with Crippen molar-refractivity contribution in [3.63, 3.8) is 0 Å². The first-order valence-corrected chi connectivity index (χ1v) is 6.56. The smallest absolute Gasteiger partial charge is 0.306 e. The molecular formula is C15H19FO2. The number of halogens is 1. The molecule has 3 heteroatoms. The standard InChI is InChI=1S/C15H19FO2/c1-10-8-13(16)7-6-11(10)9-12-4-2-3-5-14(12)15(17)18/h6-8,12,14H,2-5,9H2,1H3,(H,17,18). The first-order chi connectivity index (χ1) is 8.58. The second kappa shape index (κ2) is 5.51. The molecule has 2 rings (SSSR count). The van der Waals surface area contributed by atoms with E-state index in [0.717, 1.165) is 43.2 Å². The van der Waals surface area contributed by atoms with Crippen LogP contribution in [0, 0.1) is 24.6 Å². The van der Waals surface area contributed by atoms with Crippen molar-refractivity contribution in [1.29, 1.82) is 0 Å². The van der Waals surface area contributed by atoms with Gasteiger partial charge in [0.05, 0.1) is 5.92 Å². The van der Waals surface area contributed by atoms with E-state index in [1.54, 1.807) is 6.07 Å². The number of carboxylic acid groups (broad SMARTS) is 1. The van der Waals surface area contributed by atoms with Crippen molar-refractivity contribution in [3.05, 3.63) is 35.1 Å². The van der Waals surface area contributed by atoms with Gasteiger partial charge in [-0.2, -0.15) is 0 Å². The van der Waals surface area contributed by atoms with Crippen LogP contribution >= 0.6 is 0 Å². The molecule has 0 radical (unpaired) electrons. The van der Waals surface area contributed by atoms with Crippen LogP contribution in [0.5, 0.6) is 0 Å². The van der Waals surface area contributed by atoms with Crippen molar-refractivity contribution in [2.24, 2.45) is 11.8 Å². The van der Waals surface area contributed by atoms with Crippen LogP contribution in [-0.2, 0) is 11.2 Å². The highest BCUT2D eigenvalue weighted by atomic mass is 19.1. The van der Waals surface area contributed by atoms with E-state index in [1.807, 2.05) is 6.92 Å². The molecule has 0 heterocycles. The maximum Gasteiger partial charge on any atom is 0.306 e. The molecule has 0 aliphatic heterocycles. The van der Waals surface area contributed by atoms with Crippen LogP contribution in [0.4, 0.5) is 4.39 Å². The number of rotatable bonds is 3. The molecule has 2 unspecified atom stereocenters. The topological polar surface area (TPSA) is 37.3 Å². The van der Waals surface area contributed by atoms with Crippen LogP contribution in [-0.4, -0.2) is 11.1 Å². The molecule has 1 aliphatic carbocycles. The number of hydrogen-bond acceptors (Lipinski definition) is 1. The van der Waals surface area contributed by atoms with Gasteiger partial charge in [0.2, 0.25) is 0 Å². The second-order valence-electron chi connectivity index (χ2n) is 5.26. The number of aliphatic carboxylic acids is 1. The van der Waals surface area contributed by atoms with Gasteiger partial charge >= 0.3 is 5.97 Å². The minimum absolute atomic E-state index is 0.195. The molecule has 0 amide bonds. The first kappa shape index (κ1) is 13.1. The molecule has 2 nitrogen and oxygen atoms in total. The molecular weight excluding hydrogens is 231 g/mol. The number of carbonyl (C=O) groups is 1. The summed E-state index contributed by atoms with van der Waals surface area (Å²) in [6, 6.07) is 4.77. The van der Waals surface area contributed by atoms with Gasteiger partial charge in [0.15, 0.2) is 0 Å². The van der Waals surface area contributed by atoms with Crippen molar-refractivity contribution in [2.45, 2.75) is 39.0 Å². The van der Waals surface area contributed by atoms with Gasteiger partial charge in [-0.05, 0) is 55.4 Å². The molecule has 98 valence electrons. The predicted molar refractivity (Wildman–Crippen MR) is 67.9 cm³/mol. The van der Waals surface area contributed by atoms with Crippen molar-refractivity contribution < 1.29 is 14.3 Å². The lowest BCUT2D eigenvalue weighted by Crippen LogP contribution is -2.28. The van der Waals surface area contributed by atoms with Gasteiger partial charge in [-0.1, -0.05) is 18.9 Å². The highest BCUT2D eigenvalue weighted by Crippen LogP contribution is 2.33. The lowest BCUT2D eigenvalue weighted by molar-refractivity contribution is -0.144. The van der Waals surface area contributed by atoms with Gasteiger partial charge in [-0.15, -0.1) is 0 Å². The lowest BCUT2D eigenvalue weighted by Gasteiger charge is -2.29. The molecule has 1 aromatic carbocycles. The van der Waals surface area contributed by atoms with Crippen molar-refractivity contribution in [3.8, 4) is 0 Å². The Labute approximate surface area is 107 Å². The van der Waals surface area contributed by atoms with Crippen LogP contribution in [0.3, 0.4) is 0 Å². The van der Waals surface area contributed by atoms with E-state index in [-0.39, 0.29) is 17.7 Å². The minimum Gasteiger partial charge on any atom is -0.481 e. The Morgan fingerprint density at radius 2 is 2.11 bits per heavy atom. The zero-order valence-electron chi connectivity index (χ0n) is 10.7. The van der Waals surface area contributed by atoms with E-state index >= 15 is 0 Å². The Bertz CT molecular complexity index is 442. The van der Waals surface area contributed by atoms with Crippen LogP contribution in [0.1, 0.15) is 36.8 Å². The van der Waals surface area contributed by atoms with Crippen LogP contribution in [0.25, 0.3) is 0 Å². The molecule has 0 aromatic heterocycles. The largest absolute Gasteiger partial charge is 0.481 e. The van der Waals surface area contributed by atoms with Gasteiger partial charge < -0.3 is 5.11 Å². The number of benzene rings is 1. The maximum atomic E-state index is 13.0. The monoisotopic (exact) mass is 250 g/mol. The molecule has 1 fully saturated rings. The fraction of sp³-hybridized carbons (Fsp3) is 0.533. The third kappa shape index (κ3) is 2.89. The Balaban J connectivity index is 2.13. The molecule has 18 heavy (non-hydrogen) atoms. The predicted octanol–water partition coefficient (Wildman–Crippen LogP) is 3.57. The van der Waals surface area contributed by atoms with Gasteiger partial charge in [0.25, 0.3) is 0 Å². The molecule has 1 aliphatic rings. The quantitative estimate of drug-likeness (QED) is 0.890. The van der Waals surface area contributed by atoms with E-state index in [4.69, 9.17) is 0 Å². The maximum absolute atomic E-state index is 13.0. The van der Waals surface area contributed by atoms with Gasteiger partial charge in [-0.25, -0.2) is 4.39 Å². The Hall–Kier alpha value is -1.38. The summed E-state index contributed by atoms with van der Waals surface area (Å²) in [5, 5.41) is 9.24. The summed E-state index contributed by atoms with van der Waals surface area (Å²) in [6.07, 6.45) is 4.61. The molecule has 0 saturated heterocycles. The second-order valence-corrected chi connectivity index (χ2v) is 5.26. The SMILES string of the molecule is Cc1cc(F)ccc1CC1CCCCC1C(=O)O. The van der Waals surface area contributed by atoms with E-state index < -0.39 is 5.97 Å². The van der Waals surface area contributed by atoms with Crippen LogP contribution in [0.2, 0.25) is 0 Å². The fourth-order valence-electron chi connectivity index (χ4n) is 2.95. The Morgan fingerprint density at radius 3 is 2.78 bits per heavy atom. The summed E-state index contributed by atoms with van der Waals surface area (Å²) in [5.74, 6) is -0.947. The van der Waals surface area contributed by atoms with E-state index in [0.29, 0.717) is 0 Å². The Kier molecular flexibility index (Phi) is 4.00. The van der Waals surface area contributed by atoms with Crippen LogP contribution < -0.4 is 0 Å². The summed E-state index contributed by atoms with van der Waals surface area (Å²) >= 11 is 0. The molecule has 1 saturated carbocycles. The minimum atomic E-state index is -0.681. The molecule has 0 spiro atoms. The van der Waals surface area contributed by atoms with Gasteiger partial charge in [-0.3, -0.25) is 4.79 Å². The van der Waals surface area contributed by atoms with Crippen molar-refractivity contribution >= 4 is 5.97 Å². The average Bonchev–Trinajstić information content (AvgIpc) is 2.33. The number of carboxylic acids is 1. The zero-order chi connectivity index (χ0) is 13.1. The molecule has 2 atom stereocenters. The first-order valence-electron chi connectivity index (χ1n) is 6.56. The molecule has 1 N–H and O–H groups in total. The van der Waals surface area contributed by atoms with E-state index in [9.17, 15) is 14.3 Å². The van der Waals surface area contributed by atoms with Crippen molar-refractivity contribution in [1.82, 2.24) is 0 Å². The third-order valence-electron chi connectivity index (χ3n) is 4.01. The van der Waals surface area contributed by atoms with Gasteiger partial charge in [0, 0.05) is 0 Å². The summed E-state index contributed by atoms with van der Waals surface area (Å²) in [6.45, 7) is 1.89.